The number of methoxy groups -OCH3 is 1. The molecular weight excluding hydrogens is 540 g/mol. The van der Waals surface area contributed by atoms with Crippen molar-refractivity contribution >= 4 is 40.0 Å². The van der Waals surface area contributed by atoms with Crippen molar-refractivity contribution in [2.45, 2.75) is 19.5 Å². The summed E-state index contributed by atoms with van der Waals surface area (Å²) in [5.74, 6) is -0.524. The molecule has 0 amide bonds. The highest BCUT2D eigenvalue weighted by molar-refractivity contribution is 7.07. The van der Waals surface area contributed by atoms with Gasteiger partial charge in [-0.05, 0) is 30.2 Å². The third-order valence-corrected chi connectivity index (χ3v) is 8.13. The highest BCUT2D eigenvalue weighted by Gasteiger charge is 2.33. The van der Waals surface area contributed by atoms with Crippen molar-refractivity contribution in [2.75, 3.05) is 7.11 Å². The second-order valence-electron chi connectivity index (χ2n) is 9.64. The molecule has 1 unspecified atom stereocenters. The van der Waals surface area contributed by atoms with Gasteiger partial charge < -0.3 is 9.30 Å². The van der Waals surface area contributed by atoms with Crippen LogP contribution in [-0.2, 0) is 16.1 Å². The minimum absolute atomic E-state index is 0.0431. The predicted octanol–water partition coefficient (Wildman–Crippen LogP) is 4.32. The molecule has 41 heavy (non-hydrogen) atoms. The van der Waals surface area contributed by atoms with E-state index in [2.05, 4.69) is 9.56 Å². The van der Waals surface area contributed by atoms with E-state index in [0.29, 0.717) is 27.1 Å². The van der Waals surface area contributed by atoms with E-state index in [-0.39, 0.29) is 11.2 Å². The summed E-state index contributed by atoms with van der Waals surface area (Å²) in [6.45, 7) is 2.26. The van der Waals surface area contributed by atoms with Crippen molar-refractivity contribution in [2.24, 2.45) is 4.99 Å². The normalized spacial score (nSPS) is 15.1. The first-order valence-corrected chi connectivity index (χ1v) is 13.6. The molecule has 2 aromatic heterocycles. The molecule has 204 valence electrons. The average molecular weight is 565 g/mol. The Kier molecular flexibility index (Phi) is 6.68. The minimum atomic E-state index is -0.662. The fourth-order valence-corrected chi connectivity index (χ4v) is 6.26. The van der Waals surface area contributed by atoms with Gasteiger partial charge in [0, 0.05) is 41.3 Å². The predicted molar refractivity (Wildman–Crippen MR) is 156 cm³/mol. The molecule has 1 atom stereocenters. The maximum absolute atomic E-state index is 13.9. The van der Waals surface area contributed by atoms with Gasteiger partial charge >= 0.3 is 5.97 Å². The topological polar surface area (TPSA) is 109 Å². The van der Waals surface area contributed by atoms with E-state index in [1.165, 1.54) is 30.6 Å². The number of non-ortho nitro benzene ring substituents is 1. The van der Waals surface area contributed by atoms with Crippen molar-refractivity contribution in [3.63, 3.8) is 0 Å². The highest BCUT2D eigenvalue weighted by Crippen LogP contribution is 2.30. The molecular formula is C31H24N4O5S. The summed E-state index contributed by atoms with van der Waals surface area (Å²) < 4.78 is 9.19. The maximum Gasteiger partial charge on any atom is 0.338 e. The number of esters is 1. The molecule has 3 aromatic carbocycles. The van der Waals surface area contributed by atoms with E-state index in [9.17, 15) is 19.7 Å². The number of nitrogens with zero attached hydrogens (tertiary/aromatic N) is 4. The number of carbonyl (C=O) groups is 1. The molecule has 1 aliphatic heterocycles. The molecule has 3 heterocycles. The summed E-state index contributed by atoms with van der Waals surface area (Å²) in [5, 5.41) is 12.0. The fraction of sp³-hybridized carbons (Fsp3) is 0.129. The van der Waals surface area contributed by atoms with Crippen LogP contribution in [-0.4, -0.2) is 27.1 Å². The van der Waals surface area contributed by atoms with E-state index in [1.807, 2.05) is 66.9 Å². The van der Waals surface area contributed by atoms with Gasteiger partial charge in [-0.1, -0.05) is 72.0 Å². The number of fused-ring (bicyclic) bond motifs is 2. The van der Waals surface area contributed by atoms with Crippen LogP contribution in [0.5, 0.6) is 0 Å². The van der Waals surface area contributed by atoms with Crippen LogP contribution >= 0.6 is 11.3 Å². The largest absolute Gasteiger partial charge is 0.466 e. The lowest BCUT2D eigenvalue weighted by Crippen LogP contribution is -2.39. The number of rotatable bonds is 6. The highest BCUT2D eigenvalue weighted by atomic mass is 32.1. The van der Waals surface area contributed by atoms with Gasteiger partial charge in [-0.2, -0.15) is 0 Å². The molecule has 9 nitrogen and oxygen atoms in total. The summed E-state index contributed by atoms with van der Waals surface area (Å²) in [5.41, 5.74) is 4.16. The van der Waals surface area contributed by atoms with Crippen molar-refractivity contribution in [1.82, 2.24) is 9.13 Å². The van der Waals surface area contributed by atoms with Crippen LogP contribution in [0.4, 0.5) is 5.69 Å². The molecule has 10 heteroatoms. The van der Waals surface area contributed by atoms with Gasteiger partial charge in [-0.3, -0.25) is 19.5 Å². The Labute approximate surface area is 237 Å². The van der Waals surface area contributed by atoms with Gasteiger partial charge in [-0.25, -0.2) is 9.79 Å². The van der Waals surface area contributed by atoms with Gasteiger partial charge in [0.05, 0.1) is 33.9 Å². The van der Waals surface area contributed by atoms with E-state index in [4.69, 9.17) is 4.74 Å². The Bertz CT molecular complexity index is 2040. The second-order valence-corrected chi connectivity index (χ2v) is 10.6. The third-order valence-electron chi connectivity index (χ3n) is 7.15. The Morgan fingerprint density at radius 3 is 2.49 bits per heavy atom. The number of nitro benzene ring substituents is 1. The summed E-state index contributed by atoms with van der Waals surface area (Å²) in [4.78, 5) is 42.5. The Morgan fingerprint density at radius 1 is 1.07 bits per heavy atom. The molecule has 0 saturated heterocycles. The van der Waals surface area contributed by atoms with Crippen molar-refractivity contribution in [3.8, 4) is 0 Å². The second kappa shape index (κ2) is 10.5. The van der Waals surface area contributed by atoms with Crippen molar-refractivity contribution < 1.29 is 14.5 Å². The Morgan fingerprint density at radius 2 is 1.78 bits per heavy atom. The zero-order valence-corrected chi connectivity index (χ0v) is 23.0. The number of aromatic nitrogens is 2. The van der Waals surface area contributed by atoms with Crippen LogP contribution in [0.1, 0.15) is 29.7 Å². The van der Waals surface area contributed by atoms with E-state index >= 15 is 0 Å². The molecule has 6 rings (SSSR count). The molecule has 0 saturated carbocycles. The van der Waals surface area contributed by atoms with Gasteiger partial charge in [0.1, 0.15) is 0 Å². The summed E-state index contributed by atoms with van der Waals surface area (Å²) >= 11 is 1.28. The zero-order chi connectivity index (χ0) is 28.7. The number of nitro groups is 1. The average Bonchev–Trinajstić information content (AvgIpc) is 3.48. The molecule has 0 spiro atoms. The molecule has 0 fully saturated rings. The smallest absolute Gasteiger partial charge is 0.338 e. The van der Waals surface area contributed by atoms with E-state index < -0.39 is 16.9 Å². The quantitative estimate of drug-likeness (QED) is 0.173. The van der Waals surface area contributed by atoms with Crippen molar-refractivity contribution in [3.05, 3.63) is 143 Å². The number of hydrogen-bond donors (Lipinski definition) is 0. The number of hydrogen-bond acceptors (Lipinski definition) is 7. The molecule has 5 aromatic rings. The number of thiazole rings is 1. The van der Waals surface area contributed by atoms with E-state index in [0.717, 1.165) is 27.6 Å². The van der Waals surface area contributed by atoms with Crippen LogP contribution in [0.25, 0.3) is 17.0 Å². The van der Waals surface area contributed by atoms with Gasteiger partial charge in [-0.15, -0.1) is 0 Å². The lowest BCUT2D eigenvalue weighted by molar-refractivity contribution is -0.384. The molecule has 0 bridgehead atoms. The summed E-state index contributed by atoms with van der Waals surface area (Å²) in [7, 11) is 1.32. The fourth-order valence-electron chi connectivity index (χ4n) is 5.23. The van der Waals surface area contributed by atoms with Gasteiger partial charge in [0.25, 0.3) is 11.2 Å². The van der Waals surface area contributed by atoms with E-state index in [1.54, 1.807) is 23.6 Å². The number of para-hydroxylation sites is 1. The Hall–Kier alpha value is -5.09. The van der Waals surface area contributed by atoms with Crippen LogP contribution in [0, 0.1) is 10.1 Å². The van der Waals surface area contributed by atoms with Crippen LogP contribution in [0.3, 0.4) is 0 Å². The molecule has 0 N–H and O–H groups in total. The number of allylic oxidation sites excluding steroid dienone is 1. The molecule has 0 radical (unpaired) electrons. The maximum atomic E-state index is 13.9. The first kappa shape index (κ1) is 26.1. The Balaban J connectivity index is 1.48. The first-order chi connectivity index (χ1) is 19.9. The van der Waals surface area contributed by atoms with Crippen LogP contribution < -0.4 is 14.9 Å². The summed E-state index contributed by atoms with van der Waals surface area (Å²) in [6.07, 6.45) is 3.84. The molecule has 1 aliphatic rings. The van der Waals surface area contributed by atoms with Gasteiger partial charge in [0.15, 0.2) is 4.80 Å². The zero-order valence-electron chi connectivity index (χ0n) is 22.2. The number of carbonyl (C=O) groups excluding carboxylic acids is 1. The van der Waals surface area contributed by atoms with Gasteiger partial charge in [0.2, 0.25) is 0 Å². The first-order valence-electron chi connectivity index (χ1n) is 12.8. The standard InChI is InChI=1S/C31H24N4O5S/c1-19-27(30(37)40-2)28(21-8-4-3-5-9-21)34-29(36)26(41-31(34)32-19)16-22-18-33(25-11-7-6-10-24(22)25)17-20-12-14-23(15-13-20)35(38)39/h3-16,18,28H,17H2,1-2H3. The number of ether oxygens (including phenoxy) is 1. The lowest BCUT2D eigenvalue weighted by Gasteiger charge is -2.24. The SMILES string of the molecule is COC(=O)C1=C(C)N=c2sc(=Cc3cn(Cc4ccc([N+](=O)[O-])cc4)c4ccccc34)c(=O)n2C1c1ccccc1. The van der Waals surface area contributed by atoms with Crippen LogP contribution in [0.15, 0.2) is 106 Å². The third kappa shape index (κ3) is 4.68. The monoisotopic (exact) mass is 564 g/mol. The number of benzene rings is 3. The minimum Gasteiger partial charge on any atom is -0.466 e. The lowest BCUT2D eigenvalue weighted by atomic mass is 9.96. The van der Waals surface area contributed by atoms with Crippen LogP contribution in [0.2, 0.25) is 0 Å². The molecule has 0 aliphatic carbocycles. The van der Waals surface area contributed by atoms with Crippen molar-refractivity contribution in [1.29, 1.82) is 0 Å². The summed E-state index contributed by atoms with van der Waals surface area (Å²) in [6, 6.07) is 23.1.